The molecule has 50 heavy (non-hydrogen) atoms. The minimum Gasteiger partial charge on any atom is -0.365 e. The van der Waals surface area contributed by atoms with E-state index in [1.165, 1.54) is 11.1 Å². The van der Waals surface area contributed by atoms with Gasteiger partial charge in [-0.2, -0.15) is 0 Å². The van der Waals surface area contributed by atoms with Gasteiger partial charge in [0.25, 0.3) is 0 Å². The number of ether oxygens (including phenoxy) is 2. The van der Waals surface area contributed by atoms with Gasteiger partial charge in [0, 0.05) is 38.3 Å². The lowest BCUT2D eigenvalue weighted by atomic mass is 9.99. The van der Waals surface area contributed by atoms with Gasteiger partial charge in [-0.1, -0.05) is 120 Å². The van der Waals surface area contributed by atoms with Crippen molar-refractivity contribution in [3.63, 3.8) is 0 Å². The fourth-order valence-corrected chi connectivity index (χ4v) is 6.39. The third kappa shape index (κ3) is 9.98. The van der Waals surface area contributed by atoms with Crippen LogP contribution in [0.1, 0.15) is 71.3 Å². The molecule has 4 aromatic carbocycles. The van der Waals surface area contributed by atoms with Crippen LogP contribution >= 0.6 is 0 Å². The van der Waals surface area contributed by atoms with Crippen molar-refractivity contribution >= 4 is 11.9 Å². The molecule has 0 radical (unpaired) electrons. The third-order valence-electron chi connectivity index (χ3n) is 9.22. The molecule has 0 amide bonds. The molecule has 6 rings (SSSR count). The number of nitrogens with zero attached hydrogens (tertiary/aromatic N) is 2. The summed E-state index contributed by atoms with van der Waals surface area (Å²) < 4.78 is 13.2. The highest BCUT2D eigenvalue weighted by atomic mass is 16.7. The quantitative estimate of drug-likeness (QED) is 0.142. The topological polar surface area (TPSA) is 77.5 Å². The number of hydrogen-bond donors (Lipinski definition) is 0. The zero-order chi connectivity index (χ0) is 34.7. The Morgan fingerprint density at radius 2 is 0.840 bits per heavy atom. The molecule has 2 aliphatic rings. The summed E-state index contributed by atoms with van der Waals surface area (Å²) in [5, 5.41) is 3.26. The molecule has 0 N–H and O–H groups in total. The van der Waals surface area contributed by atoms with Gasteiger partial charge in [0.15, 0.2) is 0 Å². The van der Waals surface area contributed by atoms with Crippen LogP contribution in [0.5, 0.6) is 0 Å². The normalized spacial score (nSPS) is 17.7. The van der Waals surface area contributed by atoms with Crippen LogP contribution in [-0.4, -0.2) is 60.5 Å². The zero-order valence-electron chi connectivity index (χ0n) is 28.9. The average molecular weight is 675 g/mol. The maximum Gasteiger partial charge on any atom is 0.349 e. The minimum absolute atomic E-state index is 0.0170. The summed E-state index contributed by atoms with van der Waals surface area (Å²) in [6.45, 7) is 6.30. The molecule has 2 aliphatic heterocycles. The molecule has 260 valence electrons. The van der Waals surface area contributed by atoms with E-state index in [1.54, 1.807) is 10.1 Å². The maximum atomic E-state index is 12.5. The van der Waals surface area contributed by atoms with E-state index in [4.69, 9.17) is 19.1 Å². The lowest BCUT2D eigenvalue weighted by Gasteiger charge is -2.33. The second-order valence-corrected chi connectivity index (χ2v) is 13.1. The van der Waals surface area contributed by atoms with Gasteiger partial charge in [0.2, 0.25) is 0 Å². The number of benzene rings is 4. The second-order valence-electron chi connectivity index (χ2n) is 13.1. The zero-order valence-corrected chi connectivity index (χ0v) is 28.9. The highest BCUT2D eigenvalue weighted by molar-refractivity contribution is 5.91. The van der Waals surface area contributed by atoms with Gasteiger partial charge in [-0.25, -0.2) is 9.59 Å². The van der Waals surface area contributed by atoms with Crippen LogP contribution in [0.4, 0.5) is 0 Å². The summed E-state index contributed by atoms with van der Waals surface area (Å²) in [6, 6.07) is 37.3. The predicted octanol–water partition coefficient (Wildman–Crippen LogP) is 7.62. The first-order valence-corrected chi connectivity index (χ1v) is 17.6. The third-order valence-corrected chi connectivity index (χ3v) is 9.22. The van der Waals surface area contributed by atoms with Crippen LogP contribution in [-0.2, 0) is 28.7 Å². The molecule has 0 aliphatic carbocycles. The molecule has 2 saturated heterocycles. The molecule has 8 nitrogen and oxygen atoms in total. The van der Waals surface area contributed by atoms with Gasteiger partial charge < -0.3 is 19.1 Å². The SMILES string of the molecule is Cc1ccc(C(OC2CCN(OC(=O)/C=C/C(=O)ON3CCC(OC(c4ccccc4)c4ccc(C)cc4)CC3)CC2)c2ccccc2)cc1. The summed E-state index contributed by atoms with van der Waals surface area (Å²) in [6.07, 6.45) is 4.78. The number of carbonyl (C=O) groups excluding carboxylic acids is 2. The highest BCUT2D eigenvalue weighted by Gasteiger charge is 2.28. The maximum absolute atomic E-state index is 12.5. The van der Waals surface area contributed by atoms with E-state index in [2.05, 4.69) is 86.6 Å². The fourth-order valence-electron chi connectivity index (χ4n) is 6.39. The number of carbonyl (C=O) groups is 2. The molecule has 2 atom stereocenters. The number of piperidine rings is 2. The number of hydrogen-bond acceptors (Lipinski definition) is 8. The Bertz CT molecular complexity index is 1550. The van der Waals surface area contributed by atoms with Crippen molar-refractivity contribution in [3.8, 4) is 0 Å². The lowest BCUT2D eigenvalue weighted by Crippen LogP contribution is -2.39. The van der Waals surface area contributed by atoms with Crippen molar-refractivity contribution in [2.45, 2.75) is 63.9 Å². The molecule has 2 heterocycles. The summed E-state index contributed by atoms with van der Waals surface area (Å²) in [4.78, 5) is 36.1. The Labute approximate surface area is 295 Å². The van der Waals surface area contributed by atoms with E-state index < -0.39 is 11.9 Å². The van der Waals surface area contributed by atoms with Crippen LogP contribution < -0.4 is 0 Å². The summed E-state index contributed by atoms with van der Waals surface area (Å²) >= 11 is 0. The van der Waals surface area contributed by atoms with Crippen LogP contribution in [0, 0.1) is 13.8 Å². The summed E-state index contributed by atoms with van der Waals surface area (Å²) in [7, 11) is 0. The van der Waals surface area contributed by atoms with E-state index in [0.717, 1.165) is 34.4 Å². The Hall–Kier alpha value is -4.60. The van der Waals surface area contributed by atoms with Crippen molar-refractivity contribution < 1.29 is 28.7 Å². The van der Waals surface area contributed by atoms with Crippen LogP contribution in [0.2, 0.25) is 0 Å². The smallest absolute Gasteiger partial charge is 0.349 e. The number of aryl methyl sites for hydroxylation is 2. The first kappa shape index (κ1) is 35.2. The largest absolute Gasteiger partial charge is 0.365 e. The molecule has 0 bridgehead atoms. The Balaban J connectivity index is 0.924. The standard InChI is InChI=1S/C42H46N2O6/c1-31-13-17-35(18-14-31)41(33-9-5-3-6-10-33)47-37-23-27-43(28-24-37)49-39(45)21-22-40(46)50-44-29-25-38(26-30-44)48-42(34-11-7-4-8-12-34)36-19-15-32(2)16-20-36/h3-22,37-38,41-42H,23-30H2,1-2H3/b22-21+. The first-order chi connectivity index (χ1) is 24.4. The molecule has 8 heteroatoms. The number of rotatable bonds is 12. The molecule has 0 aromatic heterocycles. The Morgan fingerprint density at radius 1 is 0.520 bits per heavy atom. The van der Waals surface area contributed by atoms with Gasteiger partial charge >= 0.3 is 11.9 Å². The van der Waals surface area contributed by atoms with Crippen LogP contribution in [0.3, 0.4) is 0 Å². The van der Waals surface area contributed by atoms with E-state index in [9.17, 15) is 9.59 Å². The van der Waals surface area contributed by atoms with Crippen molar-refractivity contribution in [2.75, 3.05) is 26.2 Å². The van der Waals surface area contributed by atoms with E-state index in [1.807, 2.05) is 36.4 Å². The monoisotopic (exact) mass is 674 g/mol. The number of hydroxylamine groups is 4. The average Bonchev–Trinajstić information content (AvgIpc) is 3.15. The van der Waals surface area contributed by atoms with Crippen molar-refractivity contribution in [3.05, 3.63) is 155 Å². The molecule has 0 spiro atoms. The first-order valence-electron chi connectivity index (χ1n) is 17.6. The lowest BCUT2D eigenvalue weighted by molar-refractivity contribution is -0.198. The Morgan fingerprint density at radius 3 is 1.18 bits per heavy atom. The van der Waals surface area contributed by atoms with Gasteiger partial charge in [-0.15, -0.1) is 10.1 Å². The van der Waals surface area contributed by atoms with Crippen molar-refractivity contribution in [2.24, 2.45) is 0 Å². The molecule has 2 fully saturated rings. The second kappa shape index (κ2) is 17.4. The summed E-state index contributed by atoms with van der Waals surface area (Å²) in [5.41, 5.74) is 6.84. The van der Waals surface area contributed by atoms with E-state index >= 15 is 0 Å². The molecule has 2 unspecified atom stereocenters. The molecule has 0 saturated carbocycles. The van der Waals surface area contributed by atoms with Gasteiger partial charge in [0.05, 0.1) is 12.2 Å². The predicted molar refractivity (Wildman–Crippen MR) is 192 cm³/mol. The Kier molecular flexibility index (Phi) is 12.2. The molecule has 4 aromatic rings. The van der Waals surface area contributed by atoms with Crippen molar-refractivity contribution in [1.29, 1.82) is 0 Å². The summed E-state index contributed by atoms with van der Waals surface area (Å²) in [5.74, 6) is -1.23. The minimum atomic E-state index is -0.613. The van der Waals surface area contributed by atoms with E-state index in [0.29, 0.717) is 51.9 Å². The van der Waals surface area contributed by atoms with Crippen LogP contribution in [0.15, 0.2) is 121 Å². The highest BCUT2D eigenvalue weighted by Crippen LogP contribution is 2.32. The molecular formula is C42H46N2O6. The van der Waals surface area contributed by atoms with Gasteiger partial charge in [-0.3, -0.25) is 0 Å². The fraction of sp³-hybridized carbons (Fsp3) is 0.333. The van der Waals surface area contributed by atoms with Crippen molar-refractivity contribution in [1.82, 2.24) is 10.1 Å². The van der Waals surface area contributed by atoms with Crippen LogP contribution in [0.25, 0.3) is 0 Å². The molecular weight excluding hydrogens is 628 g/mol. The van der Waals surface area contributed by atoms with E-state index in [-0.39, 0.29) is 24.4 Å². The van der Waals surface area contributed by atoms with Gasteiger partial charge in [0.1, 0.15) is 12.2 Å². The van der Waals surface area contributed by atoms with Gasteiger partial charge in [-0.05, 0) is 61.8 Å².